The standard InChI is InChI=1S/C18H18ClN5S/c1-12-3-8-16(9-13(12)2)21-18(25)22-17-20-11-24(23-17)10-14-4-6-15(19)7-5-14/h3-9,11H,10H2,1-2H3,(H2,21,22,23,25). The van der Waals surface area contributed by atoms with Gasteiger partial charge in [0, 0.05) is 10.7 Å². The summed E-state index contributed by atoms with van der Waals surface area (Å²) in [6, 6.07) is 13.7. The Hall–Kier alpha value is -2.44. The highest BCUT2D eigenvalue weighted by Gasteiger charge is 2.05. The molecule has 3 rings (SSSR count). The summed E-state index contributed by atoms with van der Waals surface area (Å²) in [5.41, 5.74) is 4.48. The normalized spacial score (nSPS) is 10.5. The van der Waals surface area contributed by atoms with Crippen LogP contribution in [0.15, 0.2) is 48.8 Å². The Kier molecular flexibility index (Phi) is 5.31. The number of nitrogens with zero attached hydrogens (tertiary/aromatic N) is 3. The molecule has 0 fully saturated rings. The average Bonchev–Trinajstić information content (AvgIpc) is 3.00. The third-order valence-electron chi connectivity index (χ3n) is 3.78. The number of nitrogens with one attached hydrogen (secondary N) is 2. The van der Waals surface area contributed by atoms with E-state index in [1.165, 1.54) is 11.1 Å². The molecule has 1 heterocycles. The molecule has 0 unspecified atom stereocenters. The van der Waals surface area contributed by atoms with Crippen LogP contribution in [0.4, 0.5) is 11.6 Å². The monoisotopic (exact) mass is 371 g/mol. The van der Waals surface area contributed by atoms with E-state index in [9.17, 15) is 0 Å². The van der Waals surface area contributed by atoms with Crippen molar-refractivity contribution in [2.24, 2.45) is 0 Å². The predicted octanol–water partition coefficient (Wildman–Crippen LogP) is 4.41. The second-order valence-corrected chi connectivity index (χ2v) is 6.62. The maximum Gasteiger partial charge on any atom is 0.248 e. The number of halogens is 1. The van der Waals surface area contributed by atoms with Crippen LogP contribution in [-0.2, 0) is 6.54 Å². The van der Waals surface area contributed by atoms with Crippen molar-refractivity contribution in [1.29, 1.82) is 0 Å². The van der Waals surface area contributed by atoms with Gasteiger partial charge in [-0.05, 0) is 67.0 Å². The van der Waals surface area contributed by atoms with E-state index in [0.29, 0.717) is 22.6 Å². The molecule has 0 aliphatic carbocycles. The maximum atomic E-state index is 5.89. The van der Waals surface area contributed by atoms with Gasteiger partial charge in [-0.3, -0.25) is 5.32 Å². The first-order valence-corrected chi connectivity index (χ1v) is 8.57. The molecule has 0 aliphatic rings. The number of hydrogen-bond donors (Lipinski definition) is 2. The lowest BCUT2D eigenvalue weighted by molar-refractivity contribution is 0.687. The fourth-order valence-corrected chi connectivity index (χ4v) is 2.62. The van der Waals surface area contributed by atoms with Crippen molar-refractivity contribution in [3.63, 3.8) is 0 Å². The predicted molar refractivity (Wildman–Crippen MR) is 106 cm³/mol. The van der Waals surface area contributed by atoms with Crippen molar-refractivity contribution in [1.82, 2.24) is 14.8 Å². The minimum atomic E-state index is 0.451. The number of aryl methyl sites for hydroxylation is 2. The molecular weight excluding hydrogens is 354 g/mol. The Morgan fingerprint density at radius 1 is 1.08 bits per heavy atom. The van der Waals surface area contributed by atoms with Gasteiger partial charge in [0.05, 0.1) is 6.54 Å². The molecule has 1 aromatic heterocycles. The van der Waals surface area contributed by atoms with E-state index in [2.05, 4.69) is 46.7 Å². The second-order valence-electron chi connectivity index (χ2n) is 5.77. The lowest BCUT2D eigenvalue weighted by atomic mass is 10.1. The highest BCUT2D eigenvalue weighted by molar-refractivity contribution is 7.80. The topological polar surface area (TPSA) is 54.8 Å². The zero-order valence-corrected chi connectivity index (χ0v) is 15.5. The van der Waals surface area contributed by atoms with Crippen LogP contribution < -0.4 is 10.6 Å². The van der Waals surface area contributed by atoms with E-state index in [4.69, 9.17) is 23.8 Å². The van der Waals surface area contributed by atoms with Crippen molar-refractivity contribution >= 4 is 40.6 Å². The minimum absolute atomic E-state index is 0.451. The van der Waals surface area contributed by atoms with Gasteiger partial charge in [-0.25, -0.2) is 9.67 Å². The average molecular weight is 372 g/mol. The second kappa shape index (κ2) is 7.63. The number of anilines is 2. The van der Waals surface area contributed by atoms with Gasteiger partial charge in [0.1, 0.15) is 6.33 Å². The maximum absolute atomic E-state index is 5.89. The van der Waals surface area contributed by atoms with Crippen LogP contribution in [0.3, 0.4) is 0 Å². The smallest absolute Gasteiger partial charge is 0.248 e. The lowest BCUT2D eigenvalue weighted by Gasteiger charge is -2.09. The molecule has 0 saturated heterocycles. The van der Waals surface area contributed by atoms with Crippen LogP contribution in [0.1, 0.15) is 16.7 Å². The Morgan fingerprint density at radius 2 is 1.84 bits per heavy atom. The Labute approximate surface area is 157 Å². The summed E-state index contributed by atoms with van der Waals surface area (Å²) in [6.07, 6.45) is 1.66. The fraction of sp³-hybridized carbons (Fsp3) is 0.167. The highest BCUT2D eigenvalue weighted by Crippen LogP contribution is 2.14. The Bertz CT molecular complexity index is 889. The number of rotatable bonds is 4. The molecule has 0 spiro atoms. The lowest BCUT2D eigenvalue weighted by Crippen LogP contribution is -2.20. The molecular formula is C18H18ClN5S. The summed E-state index contributed by atoms with van der Waals surface area (Å²) in [6.45, 7) is 4.76. The van der Waals surface area contributed by atoms with Crippen molar-refractivity contribution in [2.75, 3.05) is 10.6 Å². The number of aromatic nitrogens is 3. The first-order chi connectivity index (χ1) is 12.0. The molecule has 0 aliphatic heterocycles. The molecule has 0 amide bonds. The third kappa shape index (κ3) is 4.78. The van der Waals surface area contributed by atoms with Crippen molar-refractivity contribution < 1.29 is 0 Å². The van der Waals surface area contributed by atoms with Crippen LogP contribution >= 0.6 is 23.8 Å². The van der Waals surface area contributed by atoms with Crippen molar-refractivity contribution in [2.45, 2.75) is 20.4 Å². The van der Waals surface area contributed by atoms with Crippen molar-refractivity contribution in [3.8, 4) is 0 Å². The van der Waals surface area contributed by atoms with Crippen LogP contribution in [0.2, 0.25) is 5.02 Å². The van der Waals surface area contributed by atoms with E-state index < -0.39 is 0 Å². The molecule has 0 saturated carbocycles. The van der Waals surface area contributed by atoms with Gasteiger partial charge in [0.2, 0.25) is 5.95 Å². The first kappa shape index (κ1) is 17.4. The summed E-state index contributed by atoms with van der Waals surface area (Å²) >= 11 is 11.2. The molecule has 0 atom stereocenters. The van der Waals surface area contributed by atoms with Crippen molar-refractivity contribution in [3.05, 3.63) is 70.5 Å². The largest absolute Gasteiger partial charge is 0.332 e. The SMILES string of the molecule is Cc1ccc(NC(=S)Nc2ncn(Cc3ccc(Cl)cc3)n2)cc1C. The molecule has 7 heteroatoms. The van der Waals surface area contributed by atoms with Gasteiger partial charge < -0.3 is 5.32 Å². The molecule has 5 nitrogen and oxygen atoms in total. The summed E-state index contributed by atoms with van der Waals surface area (Å²) in [5.74, 6) is 0.454. The van der Waals surface area contributed by atoms with Crippen LogP contribution in [0.25, 0.3) is 0 Å². The van der Waals surface area contributed by atoms with Gasteiger partial charge in [-0.15, -0.1) is 5.10 Å². The minimum Gasteiger partial charge on any atom is -0.332 e. The van der Waals surface area contributed by atoms with E-state index in [0.717, 1.165) is 11.3 Å². The molecule has 128 valence electrons. The number of hydrogen-bond acceptors (Lipinski definition) is 3. The number of benzene rings is 2. The van der Waals surface area contributed by atoms with Crippen LogP contribution in [0.5, 0.6) is 0 Å². The quantitative estimate of drug-likeness (QED) is 0.665. The summed E-state index contributed by atoms with van der Waals surface area (Å²) in [5, 5.41) is 11.7. The summed E-state index contributed by atoms with van der Waals surface area (Å²) < 4.78 is 1.74. The molecule has 25 heavy (non-hydrogen) atoms. The first-order valence-electron chi connectivity index (χ1n) is 7.79. The molecule has 0 radical (unpaired) electrons. The van der Waals surface area contributed by atoms with Crippen LogP contribution in [-0.4, -0.2) is 19.9 Å². The van der Waals surface area contributed by atoms with Crippen LogP contribution in [0, 0.1) is 13.8 Å². The van der Waals surface area contributed by atoms with Gasteiger partial charge in [-0.1, -0.05) is 29.8 Å². The summed E-state index contributed by atoms with van der Waals surface area (Å²) in [7, 11) is 0. The Balaban J connectivity index is 1.59. The van der Waals surface area contributed by atoms with E-state index >= 15 is 0 Å². The zero-order valence-electron chi connectivity index (χ0n) is 14.0. The van der Waals surface area contributed by atoms with Gasteiger partial charge in [0.25, 0.3) is 0 Å². The molecule has 2 N–H and O–H groups in total. The van der Waals surface area contributed by atoms with E-state index in [-0.39, 0.29) is 0 Å². The fourth-order valence-electron chi connectivity index (χ4n) is 2.29. The third-order valence-corrected chi connectivity index (χ3v) is 4.24. The zero-order chi connectivity index (χ0) is 17.8. The van der Waals surface area contributed by atoms with Gasteiger partial charge in [0.15, 0.2) is 5.11 Å². The van der Waals surface area contributed by atoms with Gasteiger partial charge >= 0.3 is 0 Å². The van der Waals surface area contributed by atoms with E-state index in [1.54, 1.807) is 11.0 Å². The summed E-state index contributed by atoms with van der Waals surface area (Å²) in [4.78, 5) is 4.23. The van der Waals surface area contributed by atoms with E-state index in [1.807, 2.05) is 30.3 Å². The molecule has 3 aromatic rings. The number of thiocarbonyl (C=S) groups is 1. The molecule has 0 bridgehead atoms. The molecule has 2 aromatic carbocycles. The highest BCUT2D eigenvalue weighted by atomic mass is 35.5. The Morgan fingerprint density at radius 3 is 2.56 bits per heavy atom. The van der Waals surface area contributed by atoms with Gasteiger partial charge in [-0.2, -0.15) is 0 Å².